The molecule has 2 aliphatic rings. The van der Waals surface area contributed by atoms with Gasteiger partial charge in [-0.25, -0.2) is 4.39 Å². The van der Waals surface area contributed by atoms with E-state index in [9.17, 15) is 4.39 Å². The van der Waals surface area contributed by atoms with Crippen molar-refractivity contribution in [1.82, 2.24) is 15.5 Å². The largest absolute Gasteiger partial charge is 0.470 e. The number of rotatable bonds is 2. The highest BCUT2D eigenvalue weighted by Gasteiger charge is 2.41. The molecule has 3 rings (SSSR count). The molecule has 0 aromatic carbocycles. The number of halogens is 1. The third-order valence-corrected chi connectivity index (χ3v) is 3.59. The third kappa shape index (κ3) is 2.24. The first-order chi connectivity index (χ1) is 8.33. The Morgan fingerprint density at radius 3 is 3.18 bits per heavy atom. The lowest BCUT2D eigenvalue weighted by Crippen LogP contribution is -2.59. The van der Waals surface area contributed by atoms with Gasteiger partial charge in [0.2, 0.25) is 5.88 Å². The van der Waals surface area contributed by atoms with Crippen molar-refractivity contribution in [3.63, 3.8) is 0 Å². The zero-order chi connectivity index (χ0) is 11.7. The molecular formula is C12H16FN3O. The highest BCUT2D eigenvalue weighted by Crippen LogP contribution is 2.30. The molecule has 2 bridgehead atoms. The number of fused-ring (bicyclic) bond motifs is 2. The Morgan fingerprint density at radius 1 is 1.41 bits per heavy atom. The maximum atomic E-state index is 14.2. The minimum Gasteiger partial charge on any atom is -0.470 e. The van der Waals surface area contributed by atoms with Crippen molar-refractivity contribution in [3.8, 4) is 5.88 Å². The Labute approximate surface area is 99.6 Å². The lowest BCUT2D eigenvalue weighted by molar-refractivity contribution is 0.00650. The first-order valence-electron chi connectivity index (χ1n) is 6.17. The van der Waals surface area contributed by atoms with Gasteiger partial charge in [0.15, 0.2) is 6.17 Å². The Hall–Kier alpha value is -1.23. The molecule has 2 saturated heterocycles. The summed E-state index contributed by atoms with van der Waals surface area (Å²) in [5.41, 5.74) is 0. The fourth-order valence-electron chi connectivity index (χ4n) is 2.78. The van der Waals surface area contributed by atoms with Crippen LogP contribution in [0.5, 0.6) is 5.88 Å². The van der Waals surface area contributed by atoms with Crippen LogP contribution in [0.1, 0.15) is 25.7 Å². The number of nitrogens with one attached hydrogen (secondary N) is 1. The molecule has 3 heterocycles. The number of nitrogens with zero attached hydrogens (tertiary/aromatic N) is 2. The lowest BCUT2D eigenvalue weighted by Gasteiger charge is -2.42. The van der Waals surface area contributed by atoms with Gasteiger partial charge in [0, 0.05) is 30.8 Å². The van der Waals surface area contributed by atoms with Crippen LogP contribution in [0.15, 0.2) is 18.3 Å². The summed E-state index contributed by atoms with van der Waals surface area (Å²) in [5, 5.41) is 10.9. The second kappa shape index (κ2) is 4.56. The summed E-state index contributed by atoms with van der Waals surface area (Å²) in [4.78, 5) is 0. The van der Waals surface area contributed by atoms with E-state index in [1.165, 1.54) is 0 Å². The van der Waals surface area contributed by atoms with E-state index in [2.05, 4.69) is 15.5 Å². The zero-order valence-corrected chi connectivity index (χ0v) is 9.55. The van der Waals surface area contributed by atoms with Crippen LogP contribution in [-0.2, 0) is 0 Å². The zero-order valence-electron chi connectivity index (χ0n) is 9.55. The molecule has 4 atom stereocenters. The van der Waals surface area contributed by atoms with Crippen LogP contribution in [0.4, 0.5) is 4.39 Å². The summed E-state index contributed by atoms with van der Waals surface area (Å²) >= 11 is 0. The number of piperidine rings is 2. The van der Waals surface area contributed by atoms with Crippen molar-refractivity contribution in [1.29, 1.82) is 0 Å². The minimum absolute atomic E-state index is 0.0517. The van der Waals surface area contributed by atoms with Gasteiger partial charge in [-0.3, -0.25) is 0 Å². The van der Waals surface area contributed by atoms with Gasteiger partial charge >= 0.3 is 0 Å². The highest BCUT2D eigenvalue weighted by atomic mass is 19.1. The van der Waals surface area contributed by atoms with Gasteiger partial charge < -0.3 is 10.1 Å². The molecule has 1 unspecified atom stereocenters. The molecule has 0 aliphatic carbocycles. The summed E-state index contributed by atoms with van der Waals surface area (Å²) in [6, 6.07) is 3.81. The highest BCUT2D eigenvalue weighted by molar-refractivity contribution is 5.08. The first kappa shape index (κ1) is 10.9. The number of aromatic nitrogens is 2. The Kier molecular flexibility index (Phi) is 2.93. The molecular weight excluding hydrogens is 221 g/mol. The van der Waals surface area contributed by atoms with E-state index in [1.807, 2.05) is 0 Å². The summed E-state index contributed by atoms with van der Waals surface area (Å²) in [5.74, 6) is 0.417. The standard InChI is InChI=1S/C12H16FN3O/c13-12-9-4-1-3-8(15-9)7-10(12)17-11-5-2-6-14-16-11/h2,5-6,8-10,12,15H,1,3-4,7H2/t8-,9+,10?,12+/m1/s1. The SMILES string of the molecule is F[C@@H]1C(Oc2cccnn2)C[C@H]2CCC[C@@H]1N2. The van der Waals surface area contributed by atoms with Crippen molar-refractivity contribution in [2.24, 2.45) is 0 Å². The van der Waals surface area contributed by atoms with Gasteiger partial charge in [0.1, 0.15) is 6.10 Å². The minimum atomic E-state index is -0.950. The molecule has 0 spiro atoms. The van der Waals surface area contributed by atoms with E-state index in [-0.39, 0.29) is 12.1 Å². The monoisotopic (exact) mass is 237 g/mol. The van der Waals surface area contributed by atoms with Gasteiger partial charge in [0.05, 0.1) is 0 Å². The van der Waals surface area contributed by atoms with E-state index < -0.39 is 6.17 Å². The molecule has 17 heavy (non-hydrogen) atoms. The van der Waals surface area contributed by atoms with E-state index in [4.69, 9.17) is 4.74 Å². The number of alkyl halides is 1. The van der Waals surface area contributed by atoms with Crippen LogP contribution < -0.4 is 10.1 Å². The number of ether oxygens (including phenoxy) is 1. The van der Waals surface area contributed by atoms with Gasteiger partial charge in [-0.1, -0.05) is 6.42 Å². The third-order valence-electron chi connectivity index (χ3n) is 3.59. The number of hydrogen-bond donors (Lipinski definition) is 1. The van der Waals surface area contributed by atoms with Crippen LogP contribution in [0.2, 0.25) is 0 Å². The van der Waals surface area contributed by atoms with Crippen LogP contribution >= 0.6 is 0 Å². The Bertz CT molecular complexity index is 375. The average molecular weight is 237 g/mol. The van der Waals surface area contributed by atoms with Crippen LogP contribution in [0, 0.1) is 0 Å². The molecule has 2 aliphatic heterocycles. The fraction of sp³-hybridized carbons (Fsp3) is 0.667. The van der Waals surface area contributed by atoms with E-state index in [1.54, 1.807) is 18.3 Å². The van der Waals surface area contributed by atoms with Crippen molar-refractivity contribution in [3.05, 3.63) is 18.3 Å². The van der Waals surface area contributed by atoms with E-state index in [0.29, 0.717) is 18.3 Å². The molecule has 1 N–H and O–H groups in total. The summed E-state index contributed by atoms with van der Waals surface area (Å²) in [6.45, 7) is 0. The van der Waals surface area contributed by atoms with E-state index >= 15 is 0 Å². The predicted molar refractivity (Wildman–Crippen MR) is 60.5 cm³/mol. The molecule has 1 aromatic heterocycles. The van der Waals surface area contributed by atoms with E-state index in [0.717, 1.165) is 19.3 Å². The second-order valence-electron chi connectivity index (χ2n) is 4.80. The lowest BCUT2D eigenvalue weighted by atomic mass is 9.84. The summed E-state index contributed by atoms with van der Waals surface area (Å²) in [7, 11) is 0. The molecule has 0 saturated carbocycles. The maximum absolute atomic E-state index is 14.2. The summed E-state index contributed by atoms with van der Waals surface area (Å²) < 4.78 is 19.8. The quantitative estimate of drug-likeness (QED) is 0.846. The molecule has 92 valence electrons. The molecule has 0 radical (unpaired) electrons. The molecule has 4 nitrogen and oxygen atoms in total. The molecule has 1 aromatic rings. The van der Waals surface area contributed by atoms with Gasteiger partial charge in [-0.2, -0.15) is 5.10 Å². The first-order valence-corrected chi connectivity index (χ1v) is 6.17. The topological polar surface area (TPSA) is 47.0 Å². The van der Waals surface area contributed by atoms with Gasteiger partial charge in [-0.05, 0) is 18.9 Å². The van der Waals surface area contributed by atoms with Crippen LogP contribution in [0.3, 0.4) is 0 Å². The van der Waals surface area contributed by atoms with Crippen molar-refractivity contribution in [2.75, 3.05) is 0 Å². The maximum Gasteiger partial charge on any atom is 0.233 e. The van der Waals surface area contributed by atoms with Crippen molar-refractivity contribution >= 4 is 0 Å². The summed E-state index contributed by atoms with van der Waals surface area (Å²) in [6.07, 6.45) is 4.09. The normalized spacial score (nSPS) is 36.5. The van der Waals surface area contributed by atoms with Crippen molar-refractivity contribution < 1.29 is 9.13 Å². The second-order valence-corrected chi connectivity index (χ2v) is 4.80. The molecule has 5 heteroatoms. The predicted octanol–water partition coefficient (Wildman–Crippen LogP) is 1.48. The van der Waals surface area contributed by atoms with Gasteiger partial charge in [-0.15, -0.1) is 5.10 Å². The van der Waals surface area contributed by atoms with Crippen molar-refractivity contribution in [2.45, 2.75) is 50.0 Å². The Balaban J connectivity index is 1.70. The smallest absolute Gasteiger partial charge is 0.233 e. The average Bonchev–Trinajstić information content (AvgIpc) is 2.37. The molecule has 2 fully saturated rings. The van der Waals surface area contributed by atoms with Gasteiger partial charge in [0.25, 0.3) is 0 Å². The van der Waals surface area contributed by atoms with Crippen LogP contribution in [-0.4, -0.2) is 34.6 Å². The number of hydrogen-bond acceptors (Lipinski definition) is 4. The van der Waals surface area contributed by atoms with Crippen LogP contribution in [0.25, 0.3) is 0 Å². The fourth-order valence-corrected chi connectivity index (χ4v) is 2.78. The Morgan fingerprint density at radius 2 is 2.35 bits per heavy atom. The molecule has 0 amide bonds.